The van der Waals surface area contributed by atoms with E-state index < -0.39 is 15.3 Å². The van der Waals surface area contributed by atoms with E-state index in [4.69, 9.17) is 5.26 Å². The Morgan fingerprint density at radius 3 is 2.67 bits per heavy atom. The van der Waals surface area contributed by atoms with E-state index in [-0.39, 0.29) is 6.04 Å². The minimum atomic E-state index is -3.42. The van der Waals surface area contributed by atoms with Crippen molar-refractivity contribution in [1.29, 1.82) is 5.26 Å². The molecule has 1 fully saturated rings. The number of nitrogens with zero attached hydrogens (tertiary/aromatic N) is 1. The van der Waals surface area contributed by atoms with Crippen molar-refractivity contribution in [3.8, 4) is 6.07 Å². The molecule has 0 amide bonds. The molecule has 3 atom stereocenters. The van der Waals surface area contributed by atoms with Crippen LogP contribution >= 0.6 is 0 Å². The van der Waals surface area contributed by atoms with Crippen LogP contribution in [-0.4, -0.2) is 19.7 Å². The first-order valence-corrected chi connectivity index (χ1v) is 7.00. The smallest absolute Gasteiger partial charge is 0.211 e. The van der Waals surface area contributed by atoms with Gasteiger partial charge in [0.2, 0.25) is 10.0 Å². The van der Waals surface area contributed by atoms with E-state index >= 15 is 0 Å². The largest absolute Gasteiger partial charge is 0.228 e. The number of hydrogen-bond donors (Lipinski definition) is 1. The van der Waals surface area contributed by atoms with Crippen molar-refractivity contribution in [3.05, 3.63) is 0 Å². The first kappa shape index (κ1) is 12.5. The van der Waals surface area contributed by atoms with Crippen molar-refractivity contribution in [3.63, 3.8) is 0 Å². The molecule has 1 rings (SSSR count). The van der Waals surface area contributed by atoms with Gasteiger partial charge in [0.05, 0.1) is 6.07 Å². The van der Waals surface area contributed by atoms with Gasteiger partial charge in [0, 0.05) is 6.04 Å². The zero-order valence-electron chi connectivity index (χ0n) is 9.23. The molecule has 0 heterocycles. The topological polar surface area (TPSA) is 70.0 Å². The van der Waals surface area contributed by atoms with Crippen LogP contribution in [0.1, 0.15) is 39.5 Å². The summed E-state index contributed by atoms with van der Waals surface area (Å²) in [6, 6.07) is 1.90. The summed E-state index contributed by atoms with van der Waals surface area (Å²) >= 11 is 0. The highest BCUT2D eigenvalue weighted by molar-refractivity contribution is 7.90. The molecular formula is C10H18N2O2S. The first-order chi connectivity index (χ1) is 7.05. The second kappa shape index (κ2) is 4.95. The Morgan fingerprint density at radius 1 is 1.53 bits per heavy atom. The van der Waals surface area contributed by atoms with Crippen LogP contribution < -0.4 is 4.72 Å². The fourth-order valence-electron chi connectivity index (χ4n) is 1.75. The molecule has 0 aromatic carbocycles. The Kier molecular flexibility index (Phi) is 4.12. The molecule has 0 saturated heterocycles. The Hall–Kier alpha value is -0.600. The summed E-state index contributed by atoms with van der Waals surface area (Å²) in [4.78, 5) is 0. The van der Waals surface area contributed by atoms with Crippen LogP contribution in [-0.2, 0) is 10.0 Å². The average Bonchev–Trinajstić information content (AvgIpc) is 2.84. The molecule has 0 radical (unpaired) electrons. The van der Waals surface area contributed by atoms with Gasteiger partial charge in [0.15, 0.2) is 5.25 Å². The summed E-state index contributed by atoms with van der Waals surface area (Å²) in [5, 5.41) is 7.79. The van der Waals surface area contributed by atoms with Crippen LogP contribution in [0.3, 0.4) is 0 Å². The van der Waals surface area contributed by atoms with Crippen molar-refractivity contribution < 1.29 is 8.42 Å². The molecule has 3 unspecified atom stereocenters. The van der Waals surface area contributed by atoms with Crippen molar-refractivity contribution in [2.75, 3.05) is 0 Å². The monoisotopic (exact) mass is 230 g/mol. The molecule has 4 nitrogen and oxygen atoms in total. The minimum absolute atomic E-state index is 0.0809. The lowest BCUT2D eigenvalue weighted by Crippen LogP contribution is -2.35. The Bertz CT molecular complexity index is 345. The molecule has 0 bridgehead atoms. The second-order valence-corrected chi connectivity index (χ2v) is 5.97. The van der Waals surface area contributed by atoms with Crippen LogP contribution in [0.5, 0.6) is 0 Å². The van der Waals surface area contributed by atoms with Gasteiger partial charge in [0.1, 0.15) is 0 Å². The van der Waals surface area contributed by atoms with Gasteiger partial charge in [-0.3, -0.25) is 0 Å². The number of rotatable bonds is 6. The molecule has 1 N–H and O–H groups in total. The van der Waals surface area contributed by atoms with Gasteiger partial charge in [-0.1, -0.05) is 20.3 Å². The van der Waals surface area contributed by atoms with Crippen LogP contribution in [0.25, 0.3) is 0 Å². The molecule has 0 spiro atoms. The zero-order chi connectivity index (χ0) is 11.5. The van der Waals surface area contributed by atoms with Crippen LogP contribution in [0.15, 0.2) is 0 Å². The van der Waals surface area contributed by atoms with E-state index in [1.165, 1.54) is 0 Å². The van der Waals surface area contributed by atoms with Crippen LogP contribution in [0.4, 0.5) is 0 Å². The maximum atomic E-state index is 11.7. The van der Waals surface area contributed by atoms with E-state index in [1.54, 1.807) is 6.92 Å². The minimum Gasteiger partial charge on any atom is -0.211 e. The van der Waals surface area contributed by atoms with E-state index in [2.05, 4.69) is 11.6 Å². The van der Waals surface area contributed by atoms with Crippen LogP contribution in [0.2, 0.25) is 0 Å². The molecule has 86 valence electrons. The van der Waals surface area contributed by atoms with Crippen molar-refractivity contribution in [2.45, 2.75) is 50.8 Å². The average molecular weight is 230 g/mol. The normalized spacial score (nSPS) is 27.0. The van der Waals surface area contributed by atoms with E-state index in [0.717, 1.165) is 19.3 Å². The molecule has 1 saturated carbocycles. The van der Waals surface area contributed by atoms with E-state index in [0.29, 0.717) is 12.3 Å². The van der Waals surface area contributed by atoms with Gasteiger partial charge in [-0.05, 0) is 25.2 Å². The summed E-state index contributed by atoms with van der Waals surface area (Å²) in [6.45, 7) is 3.80. The fraction of sp³-hybridized carbons (Fsp3) is 0.900. The standard InChI is InChI=1S/C10H18N2O2S/c1-3-5-8-6-10(8)12-15(13,14)9(4-2)7-11/h8-10,12H,3-6H2,1-2H3. The third-order valence-corrected chi connectivity index (χ3v) is 4.61. The molecule has 5 heteroatoms. The lowest BCUT2D eigenvalue weighted by Gasteiger charge is -2.09. The molecular weight excluding hydrogens is 212 g/mol. The van der Waals surface area contributed by atoms with Gasteiger partial charge < -0.3 is 0 Å². The molecule has 0 aromatic heterocycles. The highest BCUT2D eigenvalue weighted by Gasteiger charge is 2.40. The molecule has 0 aromatic rings. The highest BCUT2D eigenvalue weighted by atomic mass is 32.2. The zero-order valence-corrected chi connectivity index (χ0v) is 10.0. The third kappa shape index (κ3) is 3.18. The summed E-state index contributed by atoms with van der Waals surface area (Å²) in [5.41, 5.74) is 0. The van der Waals surface area contributed by atoms with Crippen LogP contribution in [0, 0.1) is 17.2 Å². The maximum Gasteiger partial charge on any atom is 0.228 e. The Balaban J connectivity index is 2.49. The fourth-order valence-corrected chi connectivity index (χ4v) is 3.21. The third-order valence-electron chi connectivity index (χ3n) is 2.79. The van der Waals surface area contributed by atoms with Gasteiger partial charge in [0.25, 0.3) is 0 Å². The molecule has 1 aliphatic carbocycles. The number of hydrogen-bond acceptors (Lipinski definition) is 3. The van der Waals surface area contributed by atoms with Crippen molar-refractivity contribution >= 4 is 10.0 Å². The van der Waals surface area contributed by atoms with E-state index in [9.17, 15) is 8.42 Å². The van der Waals surface area contributed by atoms with Gasteiger partial charge in [-0.25, -0.2) is 13.1 Å². The Labute approximate surface area is 91.7 Å². The van der Waals surface area contributed by atoms with Gasteiger partial charge >= 0.3 is 0 Å². The second-order valence-electron chi connectivity index (χ2n) is 4.08. The SMILES string of the molecule is CCCC1CC1NS(=O)(=O)C(C#N)CC. The quantitative estimate of drug-likeness (QED) is 0.749. The molecule has 1 aliphatic rings. The predicted octanol–water partition coefficient (Wildman–Crippen LogP) is 1.40. The lowest BCUT2D eigenvalue weighted by atomic mass is 10.2. The molecule has 0 aliphatic heterocycles. The number of nitrogens with one attached hydrogen (secondary N) is 1. The maximum absolute atomic E-state index is 11.7. The number of sulfonamides is 1. The summed E-state index contributed by atoms with van der Waals surface area (Å²) < 4.78 is 25.9. The first-order valence-electron chi connectivity index (χ1n) is 5.45. The summed E-state index contributed by atoms with van der Waals surface area (Å²) in [5.74, 6) is 0.487. The predicted molar refractivity (Wildman–Crippen MR) is 58.6 cm³/mol. The van der Waals surface area contributed by atoms with Crippen molar-refractivity contribution in [2.24, 2.45) is 5.92 Å². The lowest BCUT2D eigenvalue weighted by molar-refractivity contribution is 0.564. The molecule has 15 heavy (non-hydrogen) atoms. The van der Waals surface area contributed by atoms with Gasteiger partial charge in [-0.15, -0.1) is 0 Å². The highest BCUT2D eigenvalue weighted by Crippen LogP contribution is 2.35. The van der Waals surface area contributed by atoms with E-state index in [1.807, 2.05) is 6.07 Å². The summed E-state index contributed by atoms with van der Waals surface area (Å²) in [7, 11) is -3.42. The Morgan fingerprint density at radius 2 is 2.20 bits per heavy atom. The van der Waals surface area contributed by atoms with Crippen molar-refractivity contribution in [1.82, 2.24) is 4.72 Å². The van der Waals surface area contributed by atoms with Gasteiger partial charge in [-0.2, -0.15) is 5.26 Å². The number of nitriles is 1. The summed E-state index contributed by atoms with van der Waals surface area (Å²) in [6.07, 6.45) is 3.42.